The van der Waals surface area contributed by atoms with E-state index in [9.17, 15) is 4.79 Å². The van der Waals surface area contributed by atoms with E-state index in [-0.39, 0.29) is 6.42 Å². The van der Waals surface area contributed by atoms with Gasteiger partial charge in [-0.05, 0) is 18.4 Å². The number of carbonyl (C=O) groups is 1. The van der Waals surface area contributed by atoms with Crippen LogP contribution in [0.4, 0.5) is 0 Å². The molecule has 0 fully saturated rings. The van der Waals surface area contributed by atoms with Gasteiger partial charge in [0.05, 0.1) is 4.88 Å². The van der Waals surface area contributed by atoms with Crippen LogP contribution in [0.1, 0.15) is 11.5 Å². The van der Waals surface area contributed by atoms with Crippen molar-refractivity contribution in [3.05, 3.63) is 29.0 Å². The maximum atomic E-state index is 10.7. The quantitative estimate of drug-likeness (QED) is 0.766. The van der Waals surface area contributed by atoms with Crippen molar-refractivity contribution in [2.24, 2.45) is 5.73 Å². The molecular weight excluding hydrogens is 238 g/mol. The second-order valence-electron chi connectivity index (χ2n) is 3.78. The zero-order valence-electron chi connectivity index (χ0n) is 9.30. The maximum absolute atomic E-state index is 10.7. The van der Waals surface area contributed by atoms with Crippen LogP contribution in [-0.2, 0) is 11.2 Å². The van der Waals surface area contributed by atoms with Crippen LogP contribution in [0.15, 0.2) is 17.5 Å². The Kier molecular flexibility index (Phi) is 3.26. The molecule has 0 saturated carbocycles. The van der Waals surface area contributed by atoms with E-state index in [1.165, 1.54) is 0 Å². The number of imidazole rings is 1. The lowest BCUT2D eigenvalue weighted by atomic mass is 10.2. The average molecular weight is 251 g/mol. The van der Waals surface area contributed by atoms with Gasteiger partial charge in [0, 0.05) is 12.1 Å². The summed E-state index contributed by atoms with van der Waals surface area (Å²) in [4.78, 5) is 19.2. The Morgan fingerprint density at radius 2 is 2.47 bits per heavy atom. The van der Waals surface area contributed by atoms with Crippen molar-refractivity contribution in [3.63, 3.8) is 0 Å². The predicted molar refractivity (Wildman–Crippen MR) is 66.0 cm³/mol. The van der Waals surface area contributed by atoms with Gasteiger partial charge in [0.2, 0.25) is 0 Å². The van der Waals surface area contributed by atoms with Gasteiger partial charge in [0.25, 0.3) is 0 Å². The van der Waals surface area contributed by atoms with E-state index in [0.717, 1.165) is 16.3 Å². The number of thiophene rings is 1. The average Bonchev–Trinajstić information content (AvgIpc) is 2.87. The Balaban J connectivity index is 2.22. The number of nitrogens with one attached hydrogen (secondary N) is 1. The Hall–Kier alpha value is -1.66. The SMILES string of the molecule is Cc1[nH]c(CC(N)C(=O)O)nc1-c1cccs1. The van der Waals surface area contributed by atoms with Crippen LogP contribution >= 0.6 is 11.3 Å². The fourth-order valence-corrected chi connectivity index (χ4v) is 2.34. The van der Waals surface area contributed by atoms with Crippen molar-refractivity contribution in [2.75, 3.05) is 0 Å². The lowest BCUT2D eigenvalue weighted by Gasteiger charge is -2.02. The summed E-state index contributed by atoms with van der Waals surface area (Å²) in [5.41, 5.74) is 7.27. The van der Waals surface area contributed by atoms with Crippen molar-refractivity contribution >= 4 is 17.3 Å². The van der Waals surface area contributed by atoms with Crippen LogP contribution in [0.5, 0.6) is 0 Å². The second kappa shape index (κ2) is 4.68. The maximum Gasteiger partial charge on any atom is 0.320 e. The number of carboxylic acids is 1. The molecule has 0 aromatic carbocycles. The summed E-state index contributed by atoms with van der Waals surface area (Å²) in [7, 11) is 0. The molecule has 2 aromatic heterocycles. The van der Waals surface area contributed by atoms with Gasteiger partial charge in [-0.1, -0.05) is 6.07 Å². The van der Waals surface area contributed by atoms with Gasteiger partial charge in [-0.25, -0.2) is 4.98 Å². The molecule has 0 aliphatic rings. The van der Waals surface area contributed by atoms with Crippen molar-refractivity contribution in [1.82, 2.24) is 9.97 Å². The number of hydrogen-bond donors (Lipinski definition) is 3. The van der Waals surface area contributed by atoms with Gasteiger partial charge in [-0.2, -0.15) is 0 Å². The molecule has 0 amide bonds. The molecule has 0 spiro atoms. The Bertz CT molecular complexity index is 519. The molecule has 17 heavy (non-hydrogen) atoms. The zero-order chi connectivity index (χ0) is 12.4. The molecule has 90 valence electrons. The van der Waals surface area contributed by atoms with Crippen molar-refractivity contribution < 1.29 is 9.90 Å². The third-order valence-corrected chi connectivity index (χ3v) is 3.30. The second-order valence-corrected chi connectivity index (χ2v) is 4.73. The summed E-state index contributed by atoms with van der Waals surface area (Å²) < 4.78 is 0. The molecule has 2 heterocycles. The third-order valence-electron chi connectivity index (χ3n) is 2.42. The van der Waals surface area contributed by atoms with Crippen LogP contribution < -0.4 is 5.73 Å². The van der Waals surface area contributed by atoms with Gasteiger partial charge in [-0.15, -0.1) is 11.3 Å². The minimum Gasteiger partial charge on any atom is -0.480 e. The van der Waals surface area contributed by atoms with Crippen molar-refractivity contribution in [3.8, 4) is 10.6 Å². The first-order chi connectivity index (χ1) is 8.08. The number of carboxylic acid groups (broad SMARTS) is 1. The Morgan fingerprint density at radius 3 is 3.06 bits per heavy atom. The van der Waals surface area contributed by atoms with Gasteiger partial charge >= 0.3 is 5.97 Å². The molecule has 2 aromatic rings. The highest BCUT2D eigenvalue weighted by molar-refractivity contribution is 7.13. The van der Waals surface area contributed by atoms with E-state index in [2.05, 4.69) is 9.97 Å². The molecule has 1 atom stereocenters. The minimum absolute atomic E-state index is 0.210. The van der Waals surface area contributed by atoms with E-state index in [1.807, 2.05) is 24.4 Å². The molecule has 5 nitrogen and oxygen atoms in total. The van der Waals surface area contributed by atoms with Crippen LogP contribution in [0.25, 0.3) is 10.6 Å². The molecule has 2 rings (SSSR count). The van der Waals surface area contributed by atoms with Gasteiger partial charge < -0.3 is 15.8 Å². The molecule has 4 N–H and O–H groups in total. The number of aromatic amines is 1. The molecule has 0 saturated heterocycles. The molecule has 6 heteroatoms. The van der Waals surface area contributed by atoms with Crippen molar-refractivity contribution in [2.45, 2.75) is 19.4 Å². The number of nitrogens with zero attached hydrogens (tertiary/aromatic N) is 1. The predicted octanol–water partition coefficient (Wildman–Crippen LogP) is 1.40. The summed E-state index contributed by atoms with van der Waals surface area (Å²) in [6.45, 7) is 1.91. The highest BCUT2D eigenvalue weighted by Crippen LogP contribution is 2.25. The molecule has 0 bridgehead atoms. The number of nitrogens with two attached hydrogens (primary N) is 1. The fraction of sp³-hybridized carbons (Fsp3) is 0.273. The number of aromatic nitrogens is 2. The van der Waals surface area contributed by atoms with E-state index >= 15 is 0 Å². The molecule has 1 unspecified atom stereocenters. The summed E-state index contributed by atoms with van der Waals surface area (Å²) in [5.74, 6) is -0.405. The smallest absolute Gasteiger partial charge is 0.320 e. The molecular formula is C11H13N3O2S. The third kappa shape index (κ3) is 2.54. The van der Waals surface area contributed by atoms with Gasteiger partial charge in [-0.3, -0.25) is 4.79 Å². The number of H-pyrrole nitrogens is 1. The topological polar surface area (TPSA) is 92.0 Å². The molecule has 0 radical (unpaired) electrons. The summed E-state index contributed by atoms with van der Waals surface area (Å²) >= 11 is 1.60. The van der Waals surface area contributed by atoms with Crippen molar-refractivity contribution in [1.29, 1.82) is 0 Å². The first-order valence-electron chi connectivity index (χ1n) is 5.15. The Morgan fingerprint density at radius 1 is 1.71 bits per heavy atom. The number of aryl methyl sites for hydroxylation is 1. The lowest BCUT2D eigenvalue weighted by molar-refractivity contribution is -0.138. The number of rotatable bonds is 4. The van der Waals surface area contributed by atoms with Gasteiger partial charge in [0.1, 0.15) is 17.6 Å². The van der Waals surface area contributed by atoms with Crippen LogP contribution in [0.3, 0.4) is 0 Å². The van der Waals surface area contributed by atoms with Crippen LogP contribution in [-0.4, -0.2) is 27.1 Å². The normalized spacial score (nSPS) is 12.6. The first kappa shape index (κ1) is 11.8. The highest BCUT2D eigenvalue weighted by Gasteiger charge is 2.16. The largest absolute Gasteiger partial charge is 0.480 e. The van der Waals surface area contributed by atoms with Crippen LogP contribution in [0.2, 0.25) is 0 Å². The lowest BCUT2D eigenvalue weighted by Crippen LogP contribution is -2.32. The van der Waals surface area contributed by atoms with E-state index < -0.39 is 12.0 Å². The van der Waals surface area contributed by atoms with E-state index in [0.29, 0.717) is 5.82 Å². The first-order valence-corrected chi connectivity index (χ1v) is 6.03. The summed E-state index contributed by atoms with van der Waals surface area (Å²) in [6, 6.07) is 3.02. The Labute approximate surface area is 102 Å². The number of hydrogen-bond acceptors (Lipinski definition) is 4. The van der Waals surface area contributed by atoms with E-state index in [1.54, 1.807) is 11.3 Å². The fourth-order valence-electron chi connectivity index (χ4n) is 1.57. The summed E-state index contributed by atoms with van der Waals surface area (Å²) in [6.07, 6.45) is 0.210. The molecule has 0 aliphatic heterocycles. The van der Waals surface area contributed by atoms with Gasteiger partial charge in [0.15, 0.2) is 0 Å². The summed E-state index contributed by atoms with van der Waals surface area (Å²) in [5, 5.41) is 10.7. The highest BCUT2D eigenvalue weighted by atomic mass is 32.1. The zero-order valence-corrected chi connectivity index (χ0v) is 10.1. The molecule has 0 aliphatic carbocycles. The van der Waals surface area contributed by atoms with E-state index in [4.69, 9.17) is 10.8 Å². The monoisotopic (exact) mass is 251 g/mol. The van der Waals surface area contributed by atoms with Crippen LogP contribution in [0, 0.1) is 6.92 Å². The minimum atomic E-state index is -1.02. The standard InChI is InChI=1S/C11H13N3O2S/c1-6-10(8-3-2-4-17-8)14-9(13-6)5-7(12)11(15)16/h2-4,7H,5,12H2,1H3,(H,13,14)(H,15,16). The number of aliphatic carboxylic acids is 1.